The van der Waals surface area contributed by atoms with Gasteiger partial charge in [-0.3, -0.25) is 14.9 Å². The number of nitrogens with one attached hydrogen (secondary N) is 1. The number of carbonyl (C=O) groups excluding carboxylic acids is 1. The quantitative estimate of drug-likeness (QED) is 0.134. The maximum atomic E-state index is 12.6. The lowest BCUT2D eigenvalue weighted by Crippen LogP contribution is -2.44. The number of thiophene rings is 2. The van der Waals surface area contributed by atoms with Gasteiger partial charge in [0.25, 0.3) is 11.6 Å². The van der Waals surface area contributed by atoms with E-state index in [2.05, 4.69) is 69.5 Å². The minimum absolute atomic E-state index is 0.120. The van der Waals surface area contributed by atoms with Crippen LogP contribution in [-0.4, -0.2) is 87.1 Å². The van der Waals surface area contributed by atoms with E-state index in [-0.39, 0.29) is 28.0 Å². The van der Waals surface area contributed by atoms with Crippen molar-refractivity contribution >= 4 is 51.3 Å². The van der Waals surface area contributed by atoms with E-state index in [4.69, 9.17) is 9.68 Å². The molecule has 0 saturated carbocycles. The Morgan fingerprint density at radius 1 is 0.784 bits per heavy atom. The van der Waals surface area contributed by atoms with Crippen molar-refractivity contribution < 1.29 is 14.1 Å². The van der Waals surface area contributed by atoms with Gasteiger partial charge in [0.05, 0.1) is 10.5 Å². The topological polar surface area (TPSA) is 122 Å². The zero-order valence-electron chi connectivity index (χ0n) is 29.2. The number of hydrogen-bond acceptors (Lipinski definition) is 11. The van der Waals surface area contributed by atoms with Crippen molar-refractivity contribution in [3.63, 3.8) is 0 Å². The molecule has 7 rings (SSSR count). The normalized spacial score (nSPS) is 15.2. The van der Waals surface area contributed by atoms with Gasteiger partial charge in [-0.2, -0.15) is 5.26 Å². The first-order valence-electron chi connectivity index (χ1n) is 16.8. The Morgan fingerprint density at radius 3 is 1.80 bits per heavy atom. The van der Waals surface area contributed by atoms with Crippen molar-refractivity contribution in [3.8, 4) is 27.0 Å². The maximum Gasteiger partial charge on any atom is 0.291 e. The molecule has 264 valence electrons. The number of nitriles is 1. The second-order valence-electron chi connectivity index (χ2n) is 12.9. The lowest BCUT2D eigenvalue weighted by Gasteiger charge is -2.34. The number of likely N-dealkylation sites (N-methyl/N-ethyl adjacent to an activating group) is 2. The van der Waals surface area contributed by atoms with E-state index < -0.39 is 0 Å². The minimum Gasteiger partial charge on any atom is -0.440 e. The summed E-state index contributed by atoms with van der Waals surface area (Å²) in [5, 5.41) is 27.3. The summed E-state index contributed by atoms with van der Waals surface area (Å²) < 4.78 is 5.27. The second-order valence-corrected chi connectivity index (χ2v) is 14.7. The zero-order chi connectivity index (χ0) is 36.1. The van der Waals surface area contributed by atoms with Crippen molar-refractivity contribution in [2.45, 2.75) is 13.8 Å². The number of hydrogen-bond donors (Lipinski definition) is 1. The molecular formula is C38H41N7O4S2. The number of carbonyl (C=O) groups is 1. The largest absolute Gasteiger partial charge is 0.440 e. The molecule has 0 atom stereocenters. The van der Waals surface area contributed by atoms with E-state index in [1.54, 1.807) is 28.7 Å². The smallest absolute Gasteiger partial charge is 0.291 e. The molecule has 0 aliphatic carbocycles. The highest BCUT2D eigenvalue weighted by molar-refractivity contribution is 7.14. The fraction of sp³-hybridized carbons (Fsp3) is 0.316. The van der Waals surface area contributed by atoms with Crippen molar-refractivity contribution in [1.82, 2.24) is 9.80 Å². The van der Waals surface area contributed by atoms with Gasteiger partial charge >= 0.3 is 0 Å². The highest BCUT2D eigenvalue weighted by Gasteiger charge is 2.22. The van der Waals surface area contributed by atoms with E-state index in [9.17, 15) is 14.9 Å². The van der Waals surface area contributed by atoms with Crippen LogP contribution in [-0.2, 0) is 0 Å². The van der Waals surface area contributed by atoms with Crippen LogP contribution in [0.3, 0.4) is 0 Å². The molecule has 0 unspecified atom stereocenters. The number of furan rings is 1. The standard InChI is InChI=1S/C22H22N4O2S.C16H19N3O2S/c1-15-7-12-29-21(15)18-13-16(26-10-8-25(2)9-11-26)3-5-19(18)24-22(27)20-6-4-17(14-23)28-20;1-12-5-10-22-16(12)14-11-13(3-4-15(14)19(20)21)18-8-6-17(2)7-9-18/h3-7,12-13H,8-11H2,1-2H3,(H,24,27);3-5,10-11H,6-9H2,1-2H3. The molecule has 0 radical (unpaired) electrons. The summed E-state index contributed by atoms with van der Waals surface area (Å²) in [6.07, 6.45) is 0. The number of benzene rings is 2. The minimum atomic E-state index is -0.366. The fourth-order valence-electron chi connectivity index (χ4n) is 6.22. The number of rotatable bonds is 7. The molecule has 5 heterocycles. The molecule has 3 aromatic heterocycles. The highest BCUT2D eigenvalue weighted by atomic mass is 32.1. The van der Waals surface area contributed by atoms with Gasteiger partial charge in [-0.25, -0.2) is 0 Å². The molecule has 2 aromatic carbocycles. The van der Waals surface area contributed by atoms with Crippen LogP contribution < -0.4 is 15.1 Å². The lowest BCUT2D eigenvalue weighted by molar-refractivity contribution is -0.384. The molecular weight excluding hydrogens is 683 g/mol. The third-order valence-corrected chi connectivity index (χ3v) is 11.4. The van der Waals surface area contributed by atoms with Gasteiger partial charge < -0.3 is 29.3 Å². The van der Waals surface area contributed by atoms with E-state index >= 15 is 0 Å². The zero-order valence-corrected chi connectivity index (χ0v) is 30.9. The van der Waals surface area contributed by atoms with Crippen LogP contribution >= 0.6 is 22.7 Å². The summed E-state index contributed by atoms with van der Waals surface area (Å²) in [6.45, 7) is 12.0. The first kappa shape index (κ1) is 35.8. The number of piperazine rings is 2. The SMILES string of the molecule is Cc1ccsc1-c1cc(N2CCN(C)CC2)ccc1NC(=O)c1ccc(C#N)o1.Cc1ccsc1-c1cc(N2CCN(C)CC2)ccc1[N+](=O)[O-]. The summed E-state index contributed by atoms with van der Waals surface area (Å²) in [6, 6.07) is 20.6. The predicted octanol–water partition coefficient (Wildman–Crippen LogP) is 7.58. The fourth-order valence-corrected chi connectivity index (χ4v) is 8.13. The van der Waals surface area contributed by atoms with Crippen molar-refractivity contribution in [1.29, 1.82) is 5.26 Å². The van der Waals surface area contributed by atoms with Crippen molar-refractivity contribution in [2.75, 3.05) is 81.6 Å². The summed E-state index contributed by atoms with van der Waals surface area (Å²) in [5.74, 6) is -0.122. The van der Waals surface area contributed by atoms with Crippen LogP contribution in [0.15, 0.2) is 75.8 Å². The van der Waals surface area contributed by atoms with Gasteiger partial charge in [-0.05, 0) is 104 Å². The molecule has 51 heavy (non-hydrogen) atoms. The average Bonchev–Trinajstić information content (AvgIpc) is 3.90. The second kappa shape index (κ2) is 15.9. The van der Waals surface area contributed by atoms with Crippen molar-refractivity contribution in [2.24, 2.45) is 0 Å². The highest BCUT2D eigenvalue weighted by Crippen LogP contribution is 2.39. The molecule has 1 N–H and O–H groups in total. The first-order valence-corrected chi connectivity index (χ1v) is 18.6. The predicted molar refractivity (Wildman–Crippen MR) is 206 cm³/mol. The Balaban J connectivity index is 0.000000183. The van der Waals surface area contributed by atoms with Gasteiger partial charge in [-0.15, -0.1) is 22.7 Å². The first-order chi connectivity index (χ1) is 24.6. The van der Waals surface area contributed by atoms with Crippen LogP contribution in [0.25, 0.3) is 20.9 Å². The molecule has 0 bridgehead atoms. The van der Waals surface area contributed by atoms with E-state index in [1.807, 2.05) is 42.6 Å². The Kier molecular flexibility index (Phi) is 11.2. The van der Waals surface area contributed by atoms with Gasteiger partial charge in [0.15, 0.2) is 5.76 Å². The van der Waals surface area contributed by atoms with Crippen LogP contribution in [0.4, 0.5) is 22.7 Å². The number of nitro groups is 1. The Morgan fingerprint density at radius 2 is 1.31 bits per heavy atom. The van der Waals surface area contributed by atoms with Crippen LogP contribution in [0.2, 0.25) is 0 Å². The van der Waals surface area contributed by atoms with Crippen LogP contribution in [0.1, 0.15) is 27.4 Å². The van der Waals surface area contributed by atoms with Gasteiger partial charge in [0.2, 0.25) is 5.76 Å². The average molecular weight is 724 g/mol. The van der Waals surface area contributed by atoms with Gasteiger partial charge in [-0.1, -0.05) is 0 Å². The summed E-state index contributed by atoms with van der Waals surface area (Å²) in [4.78, 5) is 35.1. The summed E-state index contributed by atoms with van der Waals surface area (Å²) in [7, 11) is 4.26. The molecule has 11 nitrogen and oxygen atoms in total. The number of amides is 1. The number of anilines is 3. The summed E-state index contributed by atoms with van der Waals surface area (Å²) in [5.41, 5.74) is 7.12. The number of aryl methyl sites for hydroxylation is 2. The van der Waals surface area contributed by atoms with E-state index in [1.165, 1.54) is 17.7 Å². The lowest BCUT2D eigenvalue weighted by atomic mass is 10.1. The molecule has 5 aromatic rings. The van der Waals surface area contributed by atoms with Crippen LogP contribution in [0, 0.1) is 35.3 Å². The summed E-state index contributed by atoms with van der Waals surface area (Å²) >= 11 is 3.22. The molecule has 0 spiro atoms. The van der Waals surface area contributed by atoms with Gasteiger partial charge in [0, 0.05) is 90.8 Å². The molecule has 2 aliphatic rings. The molecule has 1 amide bonds. The number of nitro benzene ring substituents is 1. The Bertz CT molecular complexity index is 2050. The maximum absolute atomic E-state index is 12.6. The molecule has 2 fully saturated rings. The molecule has 2 saturated heterocycles. The number of nitrogens with zero attached hydrogens (tertiary/aromatic N) is 6. The van der Waals surface area contributed by atoms with Crippen molar-refractivity contribution in [3.05, 3.63) is 104 Å². The van der Waals surface area contributed by atoms with Crippen LogP contribution in [0.5, 0.6) is 0 Å². The molecule has 2 aliphatic heterocycles. The Hall–Kier alpha value is -5.00. The third-order valence-electron chi connectivity index (χ3n) is 9.32. The third kappa shape index (κ3) is 8.32. The van der Waals surface area contributed by atoms with E-state index in [0.29, 0.717) is 0 Å². The van der Waals surface area contributed by atoms with E-state index in [0.717, 1.165) is 95.9 Å². The van der Waals surface area contributed by atoms with Gasteiger partial charge in [0.1, 0.15) is 6.07 Å². The molecule has 13 heteroatoms. The Labute approximate surface area is 306 Å². The monoisotopic (exact) mass is 723 g/mol.